The Bertz CT molecular complexity index is 1340. The van der Waals surface area contributed by atoms with E-state index in [0.717, 1.165) is 25.0 Å². The second kappa shape index (κ2) is 12.2. The van der Waals surface area contributed by atoms with Crippen molar-refractivity contribution in [1.82, 2.24) is 0 Å². The average Bonchev–Trinajstić information content (AvgIpc) is 2.87. The van der Waals surface area contributed by atoms with Crippen LogP contribution in [0.2, 0.25) is 0 Å². The molecule has 0 saturated carbocycles. The molecule has 0 fully saturated rings. The van der Waals surface area contributed by atoms with Gasteiger partial charge in [-0.25, -0.2) is 4.79 Å². The second-order valence-electron chi connectivity index (χ2n) is 9.68. The number of anilines is 1. The van der Waals surface area contributed by atoms with Crippen molar-refractivity contribution in [3.63, 3.8) is 0 Å². The van der Waals surface area contributed by atoms with Crippen LogP contribution in [0, 0.1) is 11.3 Å². The predicted molar refractivity (Wildman–Crippen MR) is 142 cm³/mol. The number of nitrogens with two attached hydrogens (primary N) is 1. The normalized spacial score (nSPS) is 16.0. The first-order valence-electron chi connectivity index (χ1n) is 12.8. The molecule has 1 aliphatic rings. The van der Waals surface area contributed by atoms with Gasteiger partial charge in [-0.1, -0.05) is 38.0 Å². The maximum absolute atomic E-state index is 13.7. The van der Waals surface area contributed by atoms with Crippen LogP contribution in [0.25, 0.3) is 0 Å². The molecule has 2 aromatic rings. The molecule has 1 aliphatic heterocycles. The first-order valence-corrected chi connectivity index (χ1v) is 12.8. The van der Waals surface area contributed by atoms with Gasteiger partial charge < -0.3 is 15.4 Å². The number of rotatable bonds is 9. The van der Waals surface area contributed by atoms with Gasteiger partial charge in [0.15, 0.2) is 5.78 Å². The van der Waals surface area contributed by atoms with Crippen LogP contribution in [0.4, 0.5) is 18.9 Å². The molecule has 1 unspecified atom stereocenters. The van der Waals surface area contributed by atoms with Crippen LogP contribution in [0.15, 0.2) is 71.2 Å². The van der Waals surface area contributed by atoms with Gasteiger partial charge in [0.1, 0.15) is 5.82 Å². The number of nitriles is 1. The Morgan fingerprint density at radius 1 is 1.10 bits per heavy atom. The predicted octanol–water partition coefficient (Wildman–Crippen LogP) is 6.73. The minimum atomic E-state index is -4.61. The van der Waals surface area contributed by atoms with Gasteiger partial charge in [0, 0.05) is 23.4 Å². The van der Waals surface area contributed by atoms with E-state index >= 15 is 0 Å². The molecule has 6 nitrogen and oxygen atoms in total. The van der Waals surface area contributed by atoms with Gasteiger partial charge >= 0.3 is 12.1 Å². The first-order chi connectivity index (χ1) is 18.4. The summed E-state index contributed by atoms with van der Waals surface area (Å²) in [6.45, 7) is 6.93. The SMILES string of the molecule is CCCCCC(=O)C1=C(N)N(c2cccc(C(F)(F)F)c2)C(C)=C(C(=O)OC(C)C)C1c1ccc(C#N)cc1. The van der Waals surface area contributed by atoms with Crippen molar-refractivity contribution in [1.29, 1.82) is 5.26 Å². The van der Waals surface area contributed by atoms with Crippen molar-refractivity contribution in [3.05, 3.63) is 87.9 Å². The molecule has 0 amide bonds. The minimum Gasteiger partial charge on any atom is -0.460 e. The summed E-state index contributed by atoms with van der Waals surface area (Å²) in [6, 6.07) is 13.0. The van der Waals surface area contributed by atoms with E-state index in [4.69, 9.17) is 10.5 Å². The lowest BCUT2D eigenvalue weighted by Crippen LogP contribution is -2.39. The molecule has 0 bridgehead atoms. The van der Waals surface area contributed by atoms with Crippen LogP contribution >= 0.6 is 0 Å². The molecular weight excluding hydrogens is 507 g/mol. The van der Waals surface area contributed by atoms with Crippen LogP contribution in [0.1, 0.15) is 76.0 Å². The summed E-state index contributed by atoms with van der Waals surface area (Å²) in [5, 5.41) is 9.26. The van der Waals surface area contributed by atoms with Crippen molar-refractivity contribution in [2.75, 3.05) is 4.90 Å². The number of carbonyl (C=O) groups excluding carboxylic acids is 2. The number of Topliss-reactive ketones (excluding diaryl/α,β-unsaturated/α-hetero) is 1. The summed E-state index contributed by atoms with van der Waals surface area (Å²) >= 11 is 0. The van der Waals surface area contributed by atoms with E-state index < -0.39 is 29.7 Å². The van der Waals surface area contributed by atoms with Crippen LogP contribution in [-0.4, -0.2) is 17.9 Å². The number of ketones is 1. The molecule has 39 heavy (non-hydrogen) atoms. The standard InChI is InChI=1S/C30H32F3N3O3/c1-5-6-7-11-24(37)27-26(21-14-12-20(17-34)13-15-21)25(29(38)39-18(2)3)19(4)36(28(27)35)23-10-8-9-22(16-23)30(31,32)33/h8-10,12-16,18,26H,5-7,11,35H2,1-4H3. The Balaban J connectivity index is 2.32. The Morgan fingerprint density at radius 2 is 1.77 bits per heavy atom. The Labute approximate surface area is 226 Å². The van der Waals surface area contributed by atoms with E-state index in [0.29, 0.717) is 17.5 Å². The molecule has 2 N–H and O–H groups in total. The zero-order valence-corrected chi connectivity index (χ0v) is 22.4. The number of benzene rings is 2. The molecular formula is C30H32F3N3O3. The zero-order chi connectivity index (χ0) is 28.9. The first kappa shape index (κ1) is 29.5. The quantitative estimate of drug-likeness (QED) is 0.281. The number of ether oxygens (including phenoxy) is 1. The van der Waals surface area contributed by atoms with E-state index in [1.807, 2.05) is 13.0 Å². The number of hydrogen-bond acceptors (Lipinski definition) is 6. The lowest BCUT2D eigenvalue weighted by Gasteiger charge is -2.38. The highest BCUT2D eigenvalue weighted by atomic mass is 19.4. The van der Waals surface area contributed by atoms with E-state index in [9.17, 15) is 28.0 Å². The summed E-state index contributed by atoms with van der Waals surface area (Å²) in [7, 11) is 0. The number of halogens is 3. The van der Waals surface area contributed by atoms with Crippen molar-refractivity contribution in [2.45, 2.75) is 71.6 Å². The lowest BCUT2D eigenvalue weighted by atomic mass is 9.78. The van der Waals surface area contributed by atoms with Crippen molar-refractivity contribution in [3.8, 4) is 6.07 Å². The van der Waals surface area contributed by atoms with Crippen LogP contribution < -0.4 is 10.6 Å². The third kappa shape index (κ3) is 6.51. The summed E-state index contributed by atoms with van der Waals surface area (Å²) < 4.78 is 46.3. The van der Waals surface area contributed by atoms with Gasteiger partial charge in [-0.05, 0) is 63.1 Å². The number of esters is 1. The molecule has 0 spiro atoms. The lowest BCUT2D eigenvalue weighted by molar-refractivity contribution is -0.143. The highest BCUT2D eigenvalue weighted by molar-refractivity contribution is 6.04. The van der Waals surface area contributed by atoms with Crippen molar-refractivity contribution >= 4 is 17.4 Å². The largest absolute Gasteiger partial charge is 0.460 e. The Kier molecular flexibility index (Phi) is 9.23. The third-order valence-electron chi connectivity index (χ3n) is 6.49. The number of nitrogens with zero attached hydrogens (tertiary/aromatic N) is 2. The fourth-order valence-electron chi connectivity index (χ4n) is 4.68. The van der Waals surface area contributed by atoms with E-state index in [2.05, 4.69) is 0 Å². The Morgan fingerprint density at radius 3 is 2.33 bits per heavy atom. The average molecular weight is 540 g/mol. The topological polar surface area (TPSA) is 96.4 Å². The molecule has 2 aromatic carbocycles. The maximum atomic E-state index is 13.7. The van der Waals surface area contributed by atoms with Gasteiger partial charge in [0.25, 0.3) is 0 Å². The molecule has 206 valence electrons. The number of allylic oxidation sites excluding steroid dienone is 2. The molecule has 0 aliphatic carbocycles. The smallest absolute Gasteiger partial charge is 0.416 e. The summed E-state index contributed by atoms with van der Waals surface area (Å²) in [5.74, 6) is -2.00. The number of alkyl halides is 3. The highest BCUT2D eigenvalue weighted by Crippen LogP contribution is 2.44. The van der Waals surface area contributed by atoms with Gasteiger partial charge in [-0.2, -0.15) is 18.4 Å². The molecule has 0 radical (unpaired) electrons. The fraction of sp³-hybridized carbons (Fsp3) is 0.367. The monoisotopic (exact) mass is 539 g/mol. The van der Waals surface area contributed by atoms with E-state index in [1.165, 1.54) is 17.0 Å². The van der Waals surface area contributed by atoms with Crippen LogP contribution in [0.5, 0.6) is 0 Å². The number of unbranched alkanes of at least 4 members (excludes halogenated alkanes) is 2. The molecule has 0 saturated heterocycles. The van der Waals surface area contributed by atoms with Crippen molar-refractivity contribution in [2.24, 2.45) is 5.73 Å². The van der Waals surface area contributed by atoms with Crippen molar-refractivity contribution < 1.29 is 27.5 Å². The molecule has 9 heteroatoms. The fourth-order valence-corrected chi connectivity index (χ4v) is 4.68. The van der Waals surface area contributed by atoms with Gasteiger partial charge in [-0.15, -0.1) is 0 Å². The minimum absolute atomic E-state index is 0.0521. The summed E-state index contributed by atoms with van der Waals surface area (Å²) in [6.07, 6.45) is -2.68. The van der Waals surface area contributed by atoms with Crippen LogP contribution in [-0.2, 0) is 20.5 Å². The summed E-state index contributed by atoms with van der Waals surface area (Å²) in [5.41, 5.74) is 7.17. The third-order valence-corrected chi connectivity index (χ3v) is 6.49. The van der Waals surface area contributed by atoms with E-state index in [-0.39, 0.29) is 40.6 Å². The highest BCUT2D eigenvalue weighted by Gasteiger charge is 2.41. The van der Waals surface area contributed by atoms with Gasteiger partial charge in [-0.3, -0.25) is 4.79 Å². The molecule has 0 aromatic heterocycles. The second-order valence-corrected chi connectivity index (χ2v) is 9.68. The van der Waals surface area contributed by atoms with Gasteiger partial charge in [0.05, 0.1) is 34.8 Å². The van der Waals surface area contributed by atoms with Gasteiger partial charge in [0.2, 0.25) is 0 Å². The Hall–Kier alpha value is -4.06. The molecule has 1 atom stereocenters. The number of carbonyl (C=O) groups is 2. The molecule has 3 rings (SSSR count). The zero-order valence-electron chi connectivity index (χ0n) is 22.4. The van der Waals surface area contributed by atoms with Crippen LogP contribution in [0.3, 0.4) is 0 Å². The maximum Gasteiger partial charge on any atom is 0.416 e. The summed E-state index contributed by atoms with van der Waals surface area (Å²) in [4.78, 5) is 28.6. The molecule has 1 heterocycles. The van der Waals surface area contributed by atoms with E-state index in [1.54, 1.807) is 45.0 Å². The number of hydrogen-bond donors (Lipinski definition) is 1.